The third-order valence-electron chi connectivity index (χ3n) is 7.90. The zero-order valence-corrected chi connectivity index (χ0v) is 24.8. The van der Waals surface area contributed by atoms with E-state index in [9.17, 15) is 4.11 Å². The van der Waals surface area contributed by atoms with E-state index in [-0.39, 0.29) is 46.1 Å². The van der Waals surface area contributed by atoms with Gasteiger partial charge < -0.3 is 0 Å². The van der Waals surface area contributed by atoms with E-state index in [0.717, 1.165) is 10.8 Å². The average Bonchev–Trinajstić information content (AvgIpc) is 3.30. The molecule has 0 spiro atoms. The third-order valence-corrected chi connectivity index (χ3v) is 7.90. The Kier molecular flexibility index (Phi) is 3.88. The van der Waals surface area contributed by atoms with Gasteiger partial charge in [0, 0.05) is 16.7 Å². The highest BCUT2D eigenvalue weighted by Gasteiger charge is 2.15. The van der Waals surface area contributed by atoms with Gasteiger partial charge in [0.05, 0.1) is 21.9 Å². The van der Waals surface area contributed by atoms with Crippen molar-refractivity contribution in [3.05, 3.63) is 176 Å². The molecule has 9 rings (SSSR count). The molecule has 0 aliphatic heterocycles. The molecular weight excluding hydrogens is 583 g/mol. The summed E-state index contributed by atoms with van der Waals surface area (Å²) < 4.78 is 139. The standard InChI is InChI=1S/C45H29N3/c1-3-10-30(11-4-1)35-20-21-37-28-39(25-22-36(37)26-35)44-46-43(38-23-18-31-12-7-8-15-34(31)27-38)47-45(48-44)40-24-19-33-16-9-17-41(42(33)29-40)32-13-5-2-6-14-32/h1-29H/i1D,2D,3D,4D,5D,6D,10D,11D,13D,14D,20D,21D,22D,25D,26D,28D. The summed E-state index contributed by atoms with van der Waals surface area (Å²) in [7, 11) is 0. The maximum Gasteiger partial charge on any atom is 0.164 e. The summed E-state index contributed by atoms with van der Waals surface area (Å²) in [6, 6.07) is 13.5. The van der Waals surface area contributed by atoms with Crippen molar-refractivity contribution < 1.29 is 21.9 Å². The maximum atomic E-state index is 9.45. The van der Waals surface area contributed by atoms with Crippen LogP contribution in [0.3, 0.4) is 0 Å². The van der Waals surface area contributed by atoms with Gasteiger partial charge in [-0.25, -0.2) is 15.0 Å². The number of hydrogen-bond donors (Lipinski definition) is 0. The van der Waals surface area contributed by atoms with E-state index >= 15 is 0 Å². The van der Waals surface area contributed by atoms with Gasteiger partial charge in [-0.2, -0.15) is 0 Å². The van der Waals surface area contributed by atoms with Crippen LogP contribution in [0.25, 0.3) is 88.7 Å². The van der Waals surface area contributed by atoms with Crippen molar-refractivity contribution in [2.45, 2.75) is 0 Å². The Morgan fingerprint density at radius 2 is 0.917 bits per heavy atom. The van der Waals surface area contributed by atoms with Gasteiger partial charge in [-0.3, -0.25) is 0 Å². The Morgan fingerprint density at radius 3 is 1.65 bits per heavy atom. The molecule has 0 aliphatic rings. The summed E-state index contributed by atoms with van der Waals surface area (Å²) in [5.41, 5.74) is -0.150. The number of benzene rings is 8. The second-order valence-electron chi connectivity index (χ2n) is 10.9. The van der Waals surface area contributed by atoms with Crippen molar-refractivity contribution in [2.24, 2.45) is 0 Å². The van der Waals surface area contributed by atoms with Crippen molar-refractivity contribution in [3.63, 3.8) is 0 Å². The Labute approximate surface area is 301 Å². The quantitative estimate of drug-likeness (QED) is 0.191. The summed E-state index contributed by atoms with van der Waals surface area (Å²) >= 11 is 0. The lowest BCUT2D eigenvalue weighted by Gasteiger charge is -2.12. The molecule has 0 radical (unpaired) electrons. The maximum absolute atomic E-state index is 9.45. The van der Waals surface area contributed by atoms with Gasteiger partial charge in [0.1, 0.15) is 0 Å². The summed E-state index contributed by atoms with van der Waals surface area (Å²) in [6.07, 6.45) is 0. The first-order valence-corrected chi connectivity index (χ1v) is 14.9. The molecule has 0 unspecified atom stereocenters. The van der Waals surface area contributed by atoms with Crippen LogP contribution in [-0.2, 0) is 0 Å². The molecule has 0 saturated carbocycles. The second-order valence-corrected chi connectivity index (χ2v) is 10.9. The molecule has 1 aromatic heterocycles. The minimum absolute atomic E-state index is 0.0118. The fourth-order valence-electron chi connectivity index (χ4n) is 5.58. The SMILES string of the molecule is [2H]c1c([2H])c([2H])c(-c2c([2H])c([2H])c3c([2H])c(-c4nc(-c5ccc6ccccc6c5)nc(-c5ccc6cccc(-c7c([2H])c([2H])c([2H])c([2H])c7[2H])c6c5)n4)c([2H])c([2H])c3c2[2H])c([2H])c1[2H]. The molecule has 0 fully saturated rings. The van der Waals surface area contributed by atoms with Crippen LogP contribution in [0.4, 0.5) is 0 Å². The predicted molar refractivity (Wildman–Crippen MR) is 200 cm³/mol. The van der Waals surface area contributed by atoms with Gasteiger partial charge in [0.15, 0.2) is 17.5 Å². The molecule has 0 atom stereocenters. The average molecular weight is 628 g/mol. The zero-order valence-electron chi connectivity index (χ0n) is 40.8. The van der Waals surface area contributed by atoms with E-state index in [1.807, 2.05) is 36.4 Å². The van der Waals surface area contributed by atoms with Crippen LogP contribution in [0.5, 0.6) is 0 Å². The molecule has 224 valence electrons. The number of hydrogen-bond acceptors (Lipinski definition) is 3. The highest BCUT2D eigenvalue weighted by atomic mass is 15.0. The van der Waals surface area contributed by atoms with Gasteiger partial charge in [-0.15, -0.1) is 0 Å². The van der Waals surface area contributed by atoms with Crippen molar-refractivity contribution in [1.29, 1.82) is 0 Å². The largest absolute Gasteiger partial charge is 0.208 e. The summed E-state index contributed by atoms with van der Waals surface area (Å²) in [6.45, 7) is 0. The second kappa shape index (κ2) is 11.7. The van der Waals surface area contributed by atoms with Crippen LogP contribution in [-0.4, -0.2) is 15.0 Å². The monoisotopic (exact) mass is 627 g/mol. The topological polar surface area (TPSA) is 38.7 Å². The molecule has 8 aromatic carbocycles. The molecule has 48 heavy (non-hydrogen) atoms. The van der Waals surface area contributed by atoms with Crippen LogP contribution < -0.4 is 0 Å². The minimum atomic E-state index is -0.730. The fraction of sp³-hybridized carbons (Fsp3) is 0. The van der Waals surface area contributed by atoms with Crippen molar-refractivity contribution in [3.8, 4) is 56.4 Å². The molecule has 0 N–H and O–H groups in total. The van der Waals surface area contributed by atoms with Gasteiger partial charge in [0.2, 0.25) is 0 Å². The van der Waals surface area contributed by atoms with E-state index in [1.54, 1.807) is 42.5 Å². The highest BCUT2D eigenvalue weighted by molar-refractivity contribution is 5.99. The number of aromatic nitrogens is 3. The molecule has 0 saturated heterocycles. The van der Waals surface area contributed by atoms with Crippen LogP contribution in [0.2, 0.25) is 0 Å². The minimum Gasteiger partial charge on any atom is -0.208 e. The molecule has 3 heteroatoms. The van der Waals surface area contributed by atoms with Gasteiger partial charge in [0.25, 0.3) is 0 Å². The van der Waals surface area contributed by atoms with Crippen LogP contribution in [0, 0.1) is 0 Å². The third kappa shape index (κ3) is 5.18. The Bertz CT molecular complexity index is 3480. The molecule has 3 nitrogen and oxygen atoms in total. The van der Waals surface area contributed by atoms with E-state index in [0.29, 0.717) is 27.5 Å². The summed E-state index contributed by atoms with van der Waals surface area (Å²) in [5.74, 6) is -0.133. The lowest BCUT2D eigenvalue weighted by Crippen LogP contribution is -2.00. The first-order chi connectivity index (χ1) is 30.4. The van der Waals surface area contributed by atoms with Gasteiger partial charge in [-0.1, -0.05) is 151 Å². The molecule has 0 bridgehead atoms. The Balaban J connectivity index is 1.32. The Morgan fingerprint density at radius 1 is 0.354 bits per heavy atom. The molecule has 0 amide bonds. The summed E-state index contributed by atoms with van der Waals surface area (Å²) in [4.78, 5) is 14.3. The normalized spacial score (nSPS) is 16.0. The van der Waals surface area contributed by atoms with E-state index in [4.69, 9.17) is 32.8 Å². The first-order valence-electron chi connectivity index (χ1n) is 22.9. The first kappa shape index (κ1) is 15.9. The van der Waals surface area contributed by atoms with Gasteiger partial charge in [-0.05, 0) is 78.8 Å². The van der Waals surface area contributed by atoms with Gasteiger partial charge >= 0.3 is 0 Å². The molecular formula is C45H29N3. The zero-order chi connectivity index (χ0) is 45.8. The van der Waals surface area contributed by atoms with E-state index in [2.05, 4.69) is 0 Å². The lowest BCUT2D eigenvalue weighted by atomic mass is 9.96. The highest BCUT2D eigenvalue weighted by Crippen LogP contribution is 2.34. The van der Waals surface area contributed by atoms with Crippen molar-refractivity contribution >= 4 is 32.3 Å². The predicted octanol–water partition coefficient (Wildman–Crippen LogP) is 11.7. The molecule has 9 aromatic rings. The number of nitrogens with zero attached hydrogens (tertiary/aromatic N) is 3. The van der Waals surface area contributed by atoms with E-state index in [1.165, 1.54) is 0 Å². The van der Waals surface area contributed by atoms with Crippen LogP contribution >= 0.6 is 0 Å². The van der Waals surface area contributed by atoms with E-state index < -0.39 is 101 Å². The molecule has 0 aliphatic carbocycles. The summed E-state index contributed by atoms with van der Waals surface area (Å²) in [5, 5.41) is 2.13. The molecule has 1 heterocycles. The number of rotatable bonds is 5. The lowest BCUT2D eigenvalue weighted by molar-refractivity contribution is 1.08. The smallest absolute Gasteiger partial charge is 0.164 e. The van der Waals surface area contributed by atoms with Crippen molar-refractivity contribution in [2.75, 3.05) is 0 Å². The van der Waals surface area contributed by atoms with Crippen molar-refractivity contribution in [1.82, 2.24) is 15.0 Å². The Hall–Kier alpha value is -6.45. The van der Waals surface area contributed by atoms with Crippen LogP contribution in [0.1, 0.15) is 21.9 Å². The fourth-order valence-corrected chi connectivity index (χ4v) is 5.58. The number of fused-ring (bicyclic) bond motifs is 3. The van der Waals surface area contributed by atoms with Crippen LogP contribution in [0.15, 0.2) is 176 Å².